The molecule has 3 N–H and O–H groups in total. The number of hydrogen-bond acceptors (Lipinski definition) is 18. The molecule has 0 aromatic carbocycles. The Morgan fingerprint density at radius 1 is 0.533 bits per heavy atom. The van der Waals surface area contributed by atoms with E-state index in [0.29, 0.717) is 13.7 Å². The largest absolute Gasteiger partial charge is 0.481 e. The highest BCUT2D eigenvalue weighted by molar-refractivity contribution is 7.96. The second-order valence-electron chi connectivity index (χ2n) is 7.75. The predicted molar refractivity (Wildman–Crippen MR) is 172 cm³/mol. The molecule has 1 heterocycles. The van der Waals surface area contributed by atoms with Crippen LogP contribution in [-0.2, 0) is 60.8 Å². The molecule has 0 spiro atoms. The maximum absolute atomic E-state index is 13.1. The summed E-state index contributed by atoms with van der Waals surface area (Å²) in [5.41, 5.74) is -3.06. The molecule has 0 aliphatic rings. The van der Waals surface area contributed by atoms with E-state index in [0.717, 1.165) is 36.1 Å². The summed E-state index contributed by atoms with van der Waals surface area (Å²) in [5, 5.41) is 24.8. The smallest absolute Gasteiger partial charge is 0.364 e. The van der Waals surface area contributed by atoms with Crippen LogP contribution in [-0.4, -0.2) is 99.7 Å². The van der Waals surface area contributed by atoms with Gasteiger partial charge < -0.3 is 42.1 Å². The molecule has 1 rings (SSSR count). The van der Waals surface area contributed by atoms with Crippen molar-refractivity contribution in [2.75, 3.05) is 37.1 Å². The maximum Gasteiger partial charge on any atom is 0.364 e. The molecule has 0 fully saturated rings. The molecule has 0 bridgehead atoms. The third-order valence-corrected chi connectivity index (χ3v) is 7.41. The molecule has 0 unspecified atom stereocenters. The topological polar surface area (TPSA) is 233 Å². The summed E-state index contributed by atoms with van der Waals surface area (Å²) < 4.78 is 32.6. The number of aliphatic carboxylic acids is 3. The van der Waals surface area contributed by atoms with Gasteiger partial charge in [0, 0.05) is 53.9 Å². The predicted octanol–water partition coefficient (Wildman–Crippen LogP) is 0.495. The normalized spacial score (nSPS) is 10.4. The van der Waals surface area contributed by atoms with Crippen LogP contribution in [0.5, 0.6) is 0 Å². The Labute approximate surface area is 282 Å². The lowest BCUT2D eigenvalue weighted by molar-refractivity contribution is -0.137. The van der Waals surface area contributed by atoms with Crippen LogP contribution >= 0.6 is 72.8 Å². The summed E-state index contributed by atoms with van der Waals surface area (Å²) in [4.78, 5) is 70.9. The van der Waals surface area contributed by atoms with Crippen LogP contribution in [0.2, 0.25) is 0 Å². The van der Waals surface area contributed by atoms with Crippen LogP contribution in [0.15, 0.2) is 14.4 Å². The van der Waals surface area contributed by atoms with E-state index in [-0.39, 0.29) is 91.7 Å². The van der Waals surface area contributed by atoms with E-state index < -0.39 is 35.0 Å². The van der Waals surface area contributed by atoms with Crippen molar-refractivity contribution in [2.24, 2.45) is 0 Å². The van der Waals surface area contributed by atoms with Crippen molar-refractivity contribution in [1.82, 2.24) is 13.7 Å². The zero-order chi connectivity index (χ0) is 33.8. The van der Waals surface area contributed by atoms with E-state index in [9.17, 15) is 28.8 Å². The minimum Gasteiger partial charge on any atom is -0.481 e. The Balaban J connectivity index is 2.95. The summed E-state index contributed by atoms with van der Waals surface area (Å²) in [6.07, 6.45) is -0.548. The second kappa shape index (κ2) is 22.4. The molecule has 0 amide bonds. The van der Waals surface area contributed by atoms with Crippen molar-refractivity contribution < 1.29 is 56.5 Å². The van der Waals surface area contributed by atoms with Gasteiger partial charge in [-0.1, -0.05) is 0 Å². The van der Waals surface area contributed by atoms with Gasteiger partial charge in [-0.05, 0) is 0 Å². The first-order valence-corrected chi connectivity index (χ1v) is 16.3. The molecule has 1 aromatic rings. The van der Waals surface area contributed by atoms with Crippen LogP contribution in [0.3, 0.4) is 0 Å². The standard InChI is InChI=1S/C21H27N3O15S6/c25-13(26)1-10-43-37-19(40)34-7-4-22-16(31)23(5-8-35-20(41)38-44-11-2-14(27)28)18(33)24(17(22)32)6-9-36-21(42)39-45-12-3-15(29)30/h1-12H2,(H,25,26)(H,27,28)(H,29,30). The quantitative estimate of drug-likeness (QED) is 0.0881. The molecule has 18 nitrogen and oxygen atoms in total. The van der Waals surface area contributed by atoms with Crippen LogP contribution in [0.25, 0.3) is 0 Å². The number of ether oxygens (including phenoxy) is 3. The fourth-order valence-corrected chi connectivity index (χ4v) is 4.79. The molecule has 0 radical (unpaired) electrons. The van der Waals surface area contributed by atoms with Gasteiger partial charge in [0.2, 0.25) is 0 Å². The molecular weight excluding hydrogens is 727 g/mol. The van der Waals surface area contributed by atoms with Crippen molar-refractivity contribution >= 4 is 106 Å². The van der Waals surface area contributed by atoms with Crippen molar-refractivity contribution in [1.29, 1.82) is 0 Å². The molecule has 0 saturated heterocycles. The summed E-state index contributed by atoms with van der Waals surface area (Å²) >= 11 is 16.8. The third kappa shape index (κ3) is 17.3. The number of nitrogens with zero attached hydrogens (tertiary/aromatic N) is 3. The molecular formula is C21H27N3O15S6. The highest BCUT2D eigenvalue weighted by Gasteiger charge is 2.17. The SMILES string of the molecule is O=C(O)CCSOC(=S)OCCn1c(=O)n(CCOC(=S)OSCCC(=O)O)c(=O)n(CCOC(=S)OSCCC(=O)O)c1=O. The van der Waals surface area contributed by atoms with Gasteiger partial charge in [-0.2, -0.15) is 0 Å². The van der Waals surface area contributed by atoms with Crippen molar-refractivity contribution in [3.8, 4) is 0 Å². The van der Waals surface area contributed by atoms with E-state index >= 15 is 0 Å². The minimum absolute atomic E-state index is 0.0864. The Morgan fingerprint density at radius 2 is 0.778 bits per heavy atom. The average Bonchev–Trinajstić information content (AvgIpc) is 2.96. The second-order valence-corrected chi connectivity index (χ2v) is 11.2. The highest BCUT2D eigenvalue weighted by atomic mass is 32.2. The van der Waals surface area contributed by atoms with Crippen molar-refractivity contribution in [2.45, 2.75) is 38.9 Å². The molecule has 0 aliphatic carbocycles. The fraction of sp³-hybridized carbons (Fsp3) is 0.571. The van der Waals surface area contributed by atoms with E-state index in [1.54, 1.807) is 0 Å². The van der Waals surface area contributed by atoms with E-state index in [1.165, 1.54) is 0 Å². The third-order valence-electron chi connectivity index (χ3n) is 4.57. The Morgan fingerprint density at radius 3 is 1.00 bits per heavy atom. The van der Waals surface area contributed by atoms with Gasteiger partial charge in [-0.3, -0.25) is 14.4 Å². The monoisotopic (exact) mass is 753 g/mol. The molecule has 45 heavy (non-hydrogen) atoms. The van der Waals surface area contributed by atoms with Gasteiger partial charge in [0.1, 0.15) is 19.8 Å². The number of hydrogen-bond donors (Lipinski definition) is 3. The molecule has 0 atom stereocenters. The van der Waals surface area contributed by atoms with Gasteiger partial charge in [-0.15, -0.1) is 0 Å². The Bertz CT molecular complexity index is 1190. The maximum atomic E-state index is 13.1. The molecule has 0 saturated carbocycles. The molecule has 252 valence electrons. The van der Waals surface area contributed by atoms with E-state index in [4.69, 9.17) is 78.7 Å². The highest BCUT2D eigenvalue weighted by Crippen LogP contribution is 2.08. The fourth-order valence-electron chi connectivity index (χ4n) is 2.65. The van der Waals surface area contributed by atoms with Crippen LogP contribution in [0.1, 0.15) is 19.3 Å². The van der Waals surface area contributed by atoms with Crippen LogP contribution in [0, 0.1) is 0 Å². The molecule has 24 heteroatoms. The zero-order valence-electron chi connectivity index (χ0n) is 23.0. The van der Waals surface area contributed by atoms with Gasteiger partial charge >= 0.3 is 50.7 Å². The summed E-state index contributed by atoms with van der Waals surface area (Å²) in [6.45, 7) is -2.16. The van der Waals surface area contributed by atoms with Crippen LogP contribution in [0.4, 0.5) is 0 Å². The number of rotatable bonds is 21. The zero-order valence-corrected chi connectivity index (χ0v) is 27.9. The summed E-state index contributed by atoms with van der Waals surface area (Å²) in [5.74, 6) is -2.85. The average molecular weight is 754 g/mol. The first-order valence-electron chi connectivity index (χ1n) is 12.3. The van der Waals surface area contributed by atoms with Crippen molar-refractivity contribution in [3.05, 3.63) is 31.5 Å². The van der Waals surface area contributed by atoms with Crippen LogP contribution < -0.4 is 17.1 Å². The van der Waals surface area contributed by atoms with Gasteiger partial charge in [0.15, 0.2) is 0 Å². The van der Waals surface area contributed by atoms with Gasteiger partial charge in [0.25, 0.3) is 0 Å². The summed E-state index contributed by atoms with van der Waals surface area (Å²) in [7, 11) is 0. The van der Waals surface area contributed by atoms with E-state index in [1.807, 2.05) is 0 Å². The lowest BCUT2D eigenvalue weighted by Crippen LogP contribution is -2.55. The summed E-state index contributed by atoms with van der Waals surface area (Å²) in [6, 6.07) is 0. The number of carbonyl (C=O) groups is 3. The Hall–Kier alpha value is -3.06. The first-order chi connectivity index (χ1) is 21.3. The van der Waals surface area contributed by atoms with Gasteiger partial charge in [0.05, 0.1) is 75.0 Å². The van der Waals surface area contributed by atoms with Gasteiger partial charge in [-0.25, -0.2) is 28.1 Å². The first kappa shape index (κ1) is 40.0. The molecule has 1 aromatic heterocycles. The van der Waals surface area contributed by atoms with E-state index in [2.05, 4.69) is 0 Å². The number of carboxylic acid groups (broad SMARTS) is 3. The number of carboxylic acids is 3. The minimum atomic E-state index is -1.03. The lowest BCUT2D eigenvalue weighted by atomic mass is 10.5. The number of aromatic nitrogens is 3. The lowest BCUT2D eigenvalue weighted by Gasteiger charge is -2.15. The number of thiocarbonyl (C=S) groups is 3. The van der Waals surface area contributed by atoms with Crippen molar-refractivity contribution in [3.63, 3.8) is 0 Å². The Kier molecular flexibility index (Phi) is 19.9. The molecule has 0 aliphatic heterocycles.